The molecule has 0 bridgehead atoms. The van der Waals surface area contributed by atoms with E-state index in [1.54, 1.807) is 14.2 Å². The molecule has 1 aliphatic rings. The number of ether oxygens (including phenoxy) is 2. The summed E-state index contributed by atoms with van der Waals surface area (Å²) < 4.78 is 10.6. The quantitative estimate of drug-likeness (QED) is 0.710. The Bertz CT molecular complexity index is 773. The first-order valence-electron chi connectivity index (χ1n) is 8.77. The van der Waals surface area contributed by atoms with Crippen LogP contribution in [-0.4, -0.2) is 44.2 Å². The topological polar surface area (TPSA) is 72.5 Å². The number of methoxy groups -OCH3 is 2. The molecule has 1 saturated heterocycles. The van der Waals surface area contributed by atoms with Gasteiger partial charge in [0.05, 0.1) is 26.3 Å². The molecule has 28 heavy (non-hydrogen) atoms. The maximum atomic E-state index is 12.4. The van der Waals surface area contributed by atoms with Crippen LogP contribution in [0.25, 0.3) is 10.6 Å². The lowest BCUT2D eigenvalue weighted by Crippen LogP contribution is -2.48. The fourth-order valence-corrected chi connectivity index (χ4v) is 3.96. The number of benzene rings is 1. The van der Waals surface area contributed by atoms with Crippen LogP contribution in [0.5, 0.6) is 11.5 Å². The van der Waals surface area contributed by atoms with Crippen molar-refractivity contribution < 1.29 is 14.3 Å². The van der Waals surface area contributed by atoms with E-state index in [0.717, 1.165) is 35.8 Å². The molecule has 156 valence electrons. The van der Waals surface area contributed by atoms with E-state index in [2.05, 4.69) is 22.5 Å². The number of piperidine rings is 1. The average Bonchev–Trinajstić information content (AvgIpc) is 3.11. The van der Waals surface area contributed by atoms with E-state index in [4.69, 9.17) is 9.47 Å². The monoisotopic (exact) mass is 447 g/mol. The van der Waals surface area contributed by atoms with Gasteiger partial charge in [0.1, 0.15) is 5.01 Å². The fraction of sp³-hybridized carbons (Fsp3) is 0.474. The van der Waals surface area contributed by atoms with Crippen LogP contribution in [0.15, 0.2) is 23.6 Å². The van der Waals surface area contributed by atoms with Crippen molar-refractivity contribution >= 4 is 42.1 Å². The van der Waals surface area contributed by atoms with E-state index in [1.807, 2.05) is 23.6 Å². The molecule has 2 heterocycles. The Morgan fingerprint density at radius 3 is 2.71 bits per heavy atom. The number of nitrogens with zero attached hydrogens (tertiary/aromatic N) is 1. The lowest BCUT2D eigenvalue weighted by molar-refractivity contribution is -0.121. The second-order valence-electron chi connectivity index (χ2n) is 6.53. The number of rotatable bonds is 6. The van der Waals surface area contributed by atoms with Crippen molar-refractivity contribution in [2.45, 2.75) is 25.8 Å². The Kier molecular flexibility index (Phi) is 10.0. The maximum Gasteiger partial charge on any atom is 0.226 e. The van der Waals surface area contributed by atoms with Gasteiger partial charge in [-0.3, -0.25) is 4.79 Å². The fourth-order valence-electron chi connectivity index (χ4n) is 3.14. The Balaban J connectivity index is 0.00000196. The summed E-state index contributed by atoms with van der Waals surface area (Å²) in [5.41, 5.74) is 1.74. The average molecular weight is 448 g/mol. The van der Waals surface area contributed by atoms with Crippen molar-refractivity contribution in [3.8, 4) is 22.1 Å². The van der Waals surface area contributed by atoms with Gasteiger partial charge in [-0.15, -0.1) is 36.2 Å². The summed E-state index contributed by atoms with van der Waals surface area (Å²) in [7, 11) is 3.22. The van der Waals surface area contributed by atoms with E-state index >= 15 is 0 Å². The second kappa shape index (κ2) is 11.5. The summed E-state index contributed by atoms with van der Waals surface area (Å²) in [5.74, 6) is 1.83. The Labute approximate surface area is 182 Å². The lowest BCUT2D eigenvalue weighted by atomic mass is 9.95. The van der Waals surface area contributed by atoms with Crippen LogP contribution in [0.4, 0.5) is 0 Å². The third-order valence-corrected chi connectivity index (χ3v) is 5.60. The molecule has 0 saturated carbocycles. The summed E-state index contributed by atoms with van der Waals surface area (Å²) in [6.45, 7) is 4.07. The zero-order valence-corrected chi connectivity index (χ0v) is 18.6. The van der Waals surface area contributed by atoms with Crippen LogP contribution in [0.2, 0.25) is 0 Å². The van der Waals surface area contributed by atoms with Gasteiger partial charge in [-0.1, -0.05) is 6.92 Å². The van der Waals surface area contributed by atoms with Crippen molar-refractivity contribution in [3.05, 3.63) is 29.3 Å². The molecular formula is C19H27Cl2N3O3S. The molecule has 6 nitrogen and oxygen atoms in total. The van der Waals surface area contributed by atoms with Crippen LogP contribution in [0.3, 0.4) is 0 Å². The highest BCUT2D eigenvalue weighted by Gasteiger charge is 2.23. The second-order valence-corrected chi connectivity index (χ2v) is 7.39. The first kappa shape index (κ1) is 24.5. The zero-order chi connectivity index (χ0) is 18.5. The van der Waals surface area contributed by atoms with Gasteiger partial charge in [0.25, 0.3) is 0 Å². The number of halogens is 2. The number of amides is 1. The van der Waals surface area contributed by atoms with Gasteiger partial charge in [0.2, 0.25) is 5.91 Å². The van der Waals surface area contributed by atoms with Gasteiger partial charge in [-0.05, 0) is 43.6 Å². The number of nitrogens with one attached hydrogen (secondary N) is 2. The summed E-state index contributed by atoms with van der Waals surface area (Å²) >= 11 is 1.53. The van der Waals surface area contributed by atoms with Gasteiger partial charge in [-0.25, -0.2) is 4.98 Å². The Hall–Kier alpha value is -1.54. The minimum Gasteiger partial charge on any atom is -0.493 e. The third kappa shape index (κ3) is 5.98. The normalized spacial score (nSPS) is 18.4. The van der Waals surface area contributed by atoms with E-state index < -0.39 is 0 Å². The molecule has 1 aromatic heterocycles. The van der Waals surface area contributed by atoms with Gasteiger partial charge < -0.3 is 20.1 Å². The number of hydrogen-bond donors (Lipinski definition) is 2. The molecule has 2 atom stereocenters. The van der Waals surface area contributed by atoms with Crippen molar-refractivity contribution in [2.24, 2.45) is 5.92 Å². The van der Waals surface area contributed by atoms with E-state index in [9.17, 15) is 4.79 Å². The number of thiazole rings is 1. The predicted octanol–water partition coefficient (Wildman–Crippen LogP) is 3.33. The molecular weight excluding hydrogens is 421 g/mol. The summed E-state index contributed by atoms with van der Waals surface area (Å²) in [5, 5.41) is 9.30. The summed E-state index contributed by atoms with van der Waals surface area (Å²) in [6, 6.07) is 5.95. The van der Waals surface area contributed by atoms with Crippen LogP contribution in [0.1, 0.15) is 19.0 Å². The molecule has 1 aromatic carbocycles. The van der Waals surface area contributed by atoms with Gasteiger partial charge in [0, 0.05) is 17.0 Å². The van der Waals surface area contributed by atoms with Crippen LogP contribution < -0.4 is 20.1 Å². The molecule has 0 radical (unpaired) electrons. The molecule has 2 aromatic rings. The molecule has 3 rings (SSSR count). The SMILES string of the molecule is COc1ccc(-c2nc(CC(=O)NC3CCNCC3C)cs2)cc1OC.Cl.Cl. The standard InChI is InChI=1S/C19H25N3O3S.2ClH/c1-12-10-20-7-6-15(12)22-18(23)9-14-11-26-19(21-14)13-4-5-16(24-2)17(8-13)25-3;;/h4-5,8,11-12,15,20H,6-7,9-10H2,1-3H3,(H,22,23);2*1H. The first-order valence-corrected chi connectivity index (χ1v) is 9.65. The highest BCUT2D eigenvalue weighted by atomic mass is 35.5. The summed E-state index contributed by atoms with van der Waals surface area (Å²) in [4.78, 5) is 17.0. The minimum absolute atomic E-state index is 0. The van der Waals surface area contributed by atoms with Gasteiger partial charge >= 0.3 is 0 Å². The zero-order valence-electron chi connectivity index (χ0n) is 16.2. The molecule has 0 spiro atoms. The van der Waals surface area contributed by atoms with Crippen molar-refractivity contribution in [1.82, 2.24) is 15.6 Å². The molecule has 2 unspecified atom stereocenters. The molecule has 1 aliphatic heterocycles. The number of carbonyl (C=O) groups excluding carboxylic acids is 1. The largest absolute Gasteiger partial charge is 0.493 e. The molecule has 9 heteroatoms. The Morgan fingerprint density at radius 2 is 2.04 bits per heavy atom. The predicted molar refractivity (Wildman–Crippen MR) is 117 cm³/mol. The highest BCUT2D eigenvalue weighted by molar-refractivity contribution is 7.13. The van der Waals surface area contributed by atoms with E-state index in [0.29, 0.717) is 23.8 Å². The molecule has 1 amide bonds. The summed E-state index contributed by atoms with van der Waals surface area (Å²) in [6.07, 6.45) is 1.28. The van der Waals surface area contributed by atoms with Gasteiger partial charge in [0.15, 0.2) is 11.5 Å². The number of carbonyl (C=O) groups is 1. The van der Waals surface area contributed by atoms with E-state index in [1.165, 1.54) is 11.3 Å². The Morgan fingerprint density at radius 1 is 1.29 bits per heavy atom. The van der Waals surface area contributed by atoms with Crippen LogP contribution in [0, 0.1) is 5.92 Å². The number of hydrogen-bond acceptors (Lipinski definition) is 6. The minimum atomic E-state index is 0. The van der Waals surface area contributed by atoms with E-state index in [-0.39, 0.29) is 36.8 Å². The molecule has 0 aliphatic carbocycles. The van der Waals surface area contributed by atoms with Gasteiger partial charge in [-0.2, -0.15) is 0 Å². The lowest BCUT2D eigenvalue weighted by Gasteiger charge is -2.30. The first-order chi connectivity index (χ1) is 12.6. The third-order valence-electron chi connectivity index (χ3n) is 4.66. The van der Waals surface area contributed by atoms with Crippen molar-refractivity contribution in [3.63, 3.8) is 0 Å². The van der Waals surface area contributed by atoms with Crippen molar-refractivity contribution in [2.75, 3.05) is 27.3 Å². The van der Waals surface area contributed by atoms with Crippen molar-refractivity contribution in [1.29, 1.82) is 0 Å². The number of aromatic nitrogens is 1. The molecule has 2 N–H and O–H groups in total. The smallest absolute Gasteiger partial charge is 0.226 e. The highest BCUT2D eigenvalue weighted by Crippen LogP contribution is 2.33. The maximum absolute atomic E-state index is 12.4. The molecule has 1 fully saturated rings. The van der Waals surface area contributed by atoms with Crippen LogP contribution in [-0.2, 0) is 11.2 Å². The van der Waals surface area contributed by atoms with Crippen LogP contribution >= 0.6 is 36.2 Å².